The number of nitrogens with zero attached hydrogens (tertiary/aromatic N) is 1. The van der Waals surface area contributed by atoms with Crippen LogP contribution in [0, 0.1) is 5.82 Å². The summed E-state index contributed by atoms with van der Waals surface area (Å²) in [5.41, 5.74) is 1.32. The van der Waals surface area contributed by atoms with Gasteiger partial charge in [0.1, 0.15) is 5.82 Å². The number of rotatable bonds is 6. The Morgan fingerprint density at radius 1 is 1.19 bits per heavy atom. The average molecular weight is 393 g/mol. The first-order valence-electron chi connectivity index (χ1n) is 8.73. The van der Waals surface area contributed by atoms with Crippen LogP contribution >= 0.6 is 23.4 Å². The van der Waals surface area contributed by atoms with E-state index in [2.05, 4.69) is 34.5 Å². The van der Waals surface area contributed by atoms with E-state index in [0.717, 1.165) is 37.4 Å². The number of piperidine rings is 1. The number of hydrogen-bond acceptors (Lipinski definition) is 3. The zero-order valence-electron chi connectivity index (χ0n) is 14.5. The van der Waals surface area contributed by atoms with Crippen molar-refractivity contribution in [2.75, 3.05) is 18.8 Å². The highest BCUT2D eigenvalue weighted by molar-refractivity contribution is 8.00. The maximum Gasteiger partial charge on any atom is 0.230 e. The molecule has 0 saturated carbocycles. The van der Waals surface area contributed by atoms with Crippen LogP contribution in [0.2, 0.25) is 5.02 Å². The Bertz CT molecular complexity index is 736. The largest absolute Gasteiger partial charge is 0.353 e. The van der Waals surface area contributed by atoms with Crippen LogP contribution < -0.4 is 5.32 Å². The van der Waals surface area contributed by atoms with Crippen molar-refractivity contribution >= 4 is 29.3 Å². The summed E-state index contributed by atoms with van der Waals surface area (Å²) in [4.78, 5) is 15.4. The Labute approximate surface area is 162 Å². The SMILES string of the molecule is O=C(CSc1ccc(F)c(Cl)c1)NC1CCN(Cc2ccccc2)CC1. The van der Waals surface area contributed by atoms with Crippen LogP contribution in [0.5, 0.6) is 0 Å². The van der Waals surface area contributed by atoms with Gasteiger partial charge in [-0.1, -0.05) is 41.9 Å². The lowest BCUT2D eigenvalue weighted by molar-refractivity contribution is -0.119. The number of amides is 1. The molecule has 0 radical (unpaired) electrons. The standard InChI is InChI=1S/C20H22ClFN2OS/c21-18-12-17(6-7-19(18)22)26-14-20(25)23-16-8-10-24(11-9-16)13-15-4-2-1-3-5-15/h1-7,12,16H,8-11,13-14H2,(H,23,25). The third-order valence-electron chi connectivity index (χ3n) is 4.46. The highest BCUT2D eigenvalue weighted by Gasteiger charge is 2.20. The monoisotopic (exact) mass is 392 g/mol. The number of likely N-dealkylation sites (tertiary alicyclic amines) is 1. The van der Waals surface area contributed by atoms with Gasteiger partial charge in [0.05, 0.1) is 10.8 Å². The predicted octanol–water partition coefficient (Wildman–Crippen LogP) is 4.35. The molecule has 1 aliphatic heterocycles. The number of carbonyl (C=O) groups is 1. The van der Waals surface area contributed by atoms with Crippen LogP contribution in [0.1, 0.15) is 18.4 Å². The zero-order valence-corrected chi connectivity index (χ0v) is 16.0. The Morgan fingerprint density at radius 2 is 1.92 bits per heavy atom. The minimum atomic E-state index is -0.442. The van der Waals surface area contributed by atoms with E-state index < -0.39 is 5.82 Å². The van der Waals surface area contributed by atoms with Crippen molar-refractivity contribution in [2.45, 2.75) is 30.3 Å². The number of benzene rings is 2. The molecule has 26 heavy (non-hydrogen) atoms. The first-order chi connectivity index (χ1) is 12.6. The summed E-state index contributed by atoms with van der Waals surface area (Å²) in [6, 6.07) is 15.2. The fourth-order valence-corrected chi connectivity index (χ4v) is 4.05. The Kier molecular flexibility index (Phi) is 6.94. The number of halogens is 2. The highest BCUT2D eigenvalue weighted by atomic mass is 35.5. The van der Waals surface area contributed by atoms with Crippen LogP contribution in [0.25, 0.3) is 0 Å². The van der Waals surface area contributed by atoms with Gasteiger partial charge in [-0.15, -0.1) is 11.8 Å². The van der Waals surface area contributed by atoms with E-state index in [1.807, 2.05) is 6.07 Å². The fourth-order valence-electron chi connectivity index (χ4n) is 3.06. The summed E-state index contributed by atoms with van der Waals surface area (Å²) in [5, 5.41) is 3.19. The van der Waals surface area contributed by atoms with Gasteiger partial charge in [-0.2, -0.15) is 0 Å². The summed E-state index contributed by atoms with van der Waals surface area (Å²) < 4.78 is 13.2. The maximum atomic E-state index is 13.2. The highest BCUT2D eigenvalue weighted by Crippen LogP contribution is 2.24. The molecule has 0 aromatic heterocycles. The third kappa shape index (κ3) is 5.73. The van der Waals surface area contributed by atoms with E-state index in [-0.39, 0.29) is 17.0 Å². The van der Waals surface area contributed by atoms with Gasteiger partial charge in [-0.05, 0) is 36.6 Å². The van der Waals surface area contributed by atoms with Crippen LogP contribution in [0.15, 0.2) is 53.4 Å². The summed E-state index contributed by atoms with van der Waals surface area (Å²) in [6.45, 7) is 2.93. The Morgan fingerprint density at radius 3 is 2.62 bits per heavy atom. The molecule has 1 amide bonds. The normalized spacial score (nSPS) is 15.8. The molecule has 1 N–H and O–H groups in total. The molecule has 3 rings (SSSR count). The summed E-state index contributed by atoms with van der Waals surface area (Å²) in [6.07, 6.45) is 1.93. The summed E-state index contributed by atoms with van der Waals surface area (Å²) in [5.74, 6) is -0.119. The number of hydrogen-bond donors (Lipinski definition) is 1. The molecule has 138 valence electrons. The van der Waals surface area contributed by atoms with Crippen LogP contribution in [0.3, 0.4) is 0 Å². The lowest BCUT2D eigenvalue weighted by atomic mass is 10.0. The van der Waals surface area contributed by atoms with Crippen molar-refractivity contribution in [3.8, 4) is 0 Å². The molecule has 0 bridgehead atoms. The van der Waals surface area contributed by atoms with E-state index in [4.69, 9.17) is 11.6 Å². The summed E-state index contributed by atoms with van der Waals surface area (Å²) in [7, 11) is 0. The van der Waals surface area contributed by atoms with Crippen molar-refractivity contribution in [1.29, 1.82) is 0 Å². The fraction of sp³-hybridized carbons (Fsp3) is 0.350. The minimum absolute atomic E-state index is 0.0111. The lowest BCUT2D eigenvalue weighted by Gasteiger charge is -2.32. The van der Waals surface area contributed by atoms with Crippen LogP contribution in [-0.4, -0.2) is 35.7 Å². The number of carbonyl (C=O) groups excluding carboxylic acids is 1. The molecule has 0 aliphatic carbocycles. The van der Waals surface area contributed by atoms with Gasteiger partial charge in [0.2, 0.25) is 5.91 Å². The molecular formula is C20H22ClFN2OS. The number of nitrogens with one attached hydrogen (secondary N) is 1. The second-order valence-electron chi connectivity index (χ2n) is 6.47. The molecule has 0 spiro atoms. The van der Waals surface area contributed by atoms with E-state index in [0.29, 0.717) is 5.75 Å². The van der Waals surface area contributed by atoms with E-state index in [1.165, 1.54) is 23.4 Å². The van der Waals surface area contributed by atoms with Crippen molar-refractivity contribution in [1.82, 2.24) is 10.2 Å². The average Bonchev–Trinajstić information content (AvgIpc) is 2.65. The second-order valence-corrected chi connectivity index (χ2v) is 7.92. The van der Waals surface area contributed by atoms with Crippen LogP contribution in [-0.2, 0) is 11.3 Å². The van der Waals surface area contributed by atoms with Gasteiger partial charge in [-0.25, -0.2) is 4.39 Å². The maximum absolute atomic E-state index is 13.2. The molecule has 1 aliphatic rings. The molecule has 2 aromatic rings. The van der Waals surface area contributed by atoms with Crippen molar-refractivity contribution in [3.63, 3.8) is 0 Å². The molecule has 0 unspecified atom stereocenters. The molecule has 3 nitrogen and oxygen atoms in total. The van der Waals surface area contributed by atoms with Gasteiger partial charge in [-0.3, -0.25) is 9.69 Å². The summed E-state index contributed by atoms with van der Waals surface area (Å²) >= 11 is 7.13. The van der Waals surface area contributed by atoms with E-state index in [1.54, 1.807) is 12.1 Å². The zero-order chi connectivity index (χ0) is 18.4. The Balaban J connectivity index is 1.38. The molecule has 2 aromatic carbocycles. The molecule has 6 heteroatoms. The molecule has 1 fully saturated rings. The van der Waals surface area contributed by atoms with Crippen molar-refractivity contribution in [3.05, 3.63) is 64.9 Å². The molecule has 1 saturated heterocycles. The van der Waals surface area contributed by atoms with Gasteiger partial charge >= 0.3 is 0 Å². The molecular weight excluding hydrogens is 371 g/mol. The van der Waals surface area contributed by atoms with Gasteiger partial charge in [0.15, 0.2) is 0 Å². The van der Waals surface area contributed by atoms with Gasteiger partial charge in [0, 0.05) is 30.6 Å². The predicted molar refractivity (Wildman–Crippen MR) is 105 cm³/mol. The topological polar surface area (TPSA) is 32.3 Å². The van der Waals surface area contributed by atoms with Gasteiger partial charge in [0.25, 0.3) is 0 Å². The molecule has 1 heterocycles. The van der Waals surface area contributed by atoms with Crippen molar-refractivity contribution in [2.24, 2.45) is 0 Å². The van der Waals surface area contributed by atoms with E-state index >= 15 is 0 Å². The second kappa shape index (κ2) is 9.40. The molecule has 0 atom stereocenters. The lowest BCUT2D eigenvalue weighted by Crippen LogP contribution is -2.44. The van der Waals surface area contributed by atoms with Crippen molar-refractivity contribution < 1.29 is 9.18 Å². The first kappa shape index (κ1) is 19.2. The quantitative estimate of drug-likeness (QED) is 0.741. The smallest absolute Gasteiger partial charge is 0.230 e. The van der Waals surface area contributed by atoms with Gasteiger partial charge < -0.3 is 5.32 Å². The minimum Gasteiger partial charge on any atom is -0.353 e. The Hall–Kier alpha value is -1.56. The third-order valence-corrected chi connectivity index (χ3v) is 5.75. The first-order valence-corrected chi connectivity index (χ1v) is 10.1. The van der Waals surface area contributed by atoms with E-state index in [9.17, 15) is 9.18 Å². The van der Waals surface area contributed by atoms with Crippen LogP contribution in [0.4, 0.5) is 4.39 Å². The number of thioether (sulfide) groups is 1.